The van der Waals surface area contributed by atoms with Crippen molar-refractivity contribution in [1.82, 2.24) is 20.7 Å². The Morgan fingerprint density at radius 3 is 3.09 bits per heavy atom. The Labute approximate surface area is 62.4 Å². The summed E-state index contributed by atoms with van der Waals surface area (Å²) < 4.78 is 0. The van der Waals surface area contributed by atoms with Crippen molar-refractivity contribution in [3.05, 3.63) is 5.69 Å². The lowest BCUT2D eigenvalue weighted by molar-refractivity contribution is 0.0934. The summed E-state index contributed by atoms with van der Waals surface area (Å²) in [5.41, 5.74) is 0.322. The number of nitrogens with one attached hydrogen (secondary N) is 3. The van der Waals surface area contributed by atoms with Crippen molar-refractivity contribution < 1.29 is 4.79 Å². The van der Waals surface area contributed by atoms with Crippen molar-refractivity contribution in [1.29, 1.82) is 0 Å². The average molecular weight is 153 g/mol. The molecule has 1 aromatic rings. The lowest BCUT2D eigenvalue weighted by Gasteiger charge is -2.19. The zero-order valence-corrected chi connectivity index (χ0v) is 5.88. The van der Waals surface area contributed by atoms with Crippen LogP contribution in [0.1, 0.15) is 17.4 Å². The highest BCUT2D eigenvalue weighted by molar-refractivity contribution is 5.98. The van der Waals surface area contributed by atoms with Crippen LogP contribution in [0.3, 0.4) is 0 Å². The number of rotatable bonds is 0. The first-order valence-electron chi connectivity index (χ1n) is 3.26. The average Bonchev–Trinajstić information content (AvgIpc) is 2.34. The summed E-state index contributed by atoms with van der Waals surface area (Å²) >= 11 is 0. The van der Waals surface area contributed by atoms with Gasteiger partial charge in [-0.25, -0.2) is 5.10 Å². The quantitative estimate of drug-likeness (QED) is 0.460. The van der Waals surface area contributed by atoms with Gasteiger partial charge in [-0.05, 0) is 6.92 Å². The van der Waals surface area contributed by atoms with Crippen LogP contribution in [0.2, 0.25) is 0 Å². The van der Waals surface area contributed by atoms with Crippen molar-refractivity contribution in [2.45, 2.75) is 13.1 Å². The maximum atomic E-state index is 11.1. The van der Waals surface area contributed by atoms with Gasteiger partial charge in [0.1, 0.15) is 0 Å². The van der Waals surface area contributed by atoms with Crippen LogP contribution in [-0.2, 0) is 0 Å². The third-order valence-corrected chi connectivity index (χ3v) is 1.47. The van der Waals surface area contributed by atoms with E-state index in [4.69, 9.17) is 0 Å². The van der Waals surface area contributed by atoms with E-state index in [1.165, 1.54) is 0 Å². The molecule has 0 saturated carbocycles. The van der Waals surface area contributed by atoms with E-state index in [1.807, 2.05) is 6.92 Å². The Morgan fingerprint density at radius 1 is 1.45 bits per heavy atom. The molecule has 0 bridgehead atoms. The van der Waals surface area contributed by atoms with Crippen molar-refractivity contribution >= 4 is 11.7 Å². The second kappa shape index (κ2) is 1.94. The van der Waals surface area contributed by atoms with Gasteiger partial charge in [0.25, 0.3) is 5.91 Å². The molecule has 1 unspecified atom stereocenters. The normalized spacial score (nSPS) is 21.9. The van der Waals surface area contributed by atoms with Crippen molar-refractivity contribution in [3.8, 4) is 0 Å². The van der Waals surface area contributed by atoms with Gasteiger partial charge in [0.2, 0.25) is 0 Å². The Bertz CT molecular complexity index is 293. The van der Waals surface area contributed by atoms with Crippen molar-refractivity contribution in [2.75, 3.05) is 5.32 Å². The molecule has 3 N–H and O–H groups in total. The number of H-pyrrole nitrogens is 1. The number of carbonyl (C=O) groups excluding carboxylic acids is 1. The number of aromatic amines is 1. The molecule has 2 heterocycles. The molecule has 58 valence electrons. The molecule has 6 nitrogen and oxygen atoms in total. The van der Waals surface area contributed by atoms with Crippen molar-refractivity contribution in [3.63, 3.8) is 0 Å². The number of nitrogens with zero attached hydrogens (tertiary/aromatic N) is 2. The lowest BCUT2D eigenvalue weighted by Crippen LogP contribution is -2.42. The molecule has 0 spiro atoms. The van der Waals surface area contributed by atoms with Gasteiger partial charge in [-0.2, -0.15) is 0 Å². The van der Waals surface area contributed by atoms with E-state index in [9.17, 15) is 4.79 Å². The monoisotopic (exact) mass is 153 g/mol. The zero-order valence-electron chi connectivity index (χ0n) is 5.88. The number of amides is 1. The van der Waals surface area contributed by atoms with E-state index in [0.29, 0.717) is 11.5 Å². The van der Waals surface area contributed by atoms with Gasteiger partial charge in [0.05, 0.1) is 6.17 Å². The van der Waals surface area contributed by atoms with Gasteiger partial charge in [-0.1, -0.05) is 5.21 Å². The molecular formula is C5H7N5O. The van der Waals surface area contributed by atoms with Crippen LogP contribution < -0.4 is 10.6 Å². The van der Waals surface area contributed by atoms with Gasteiger partial charge in [-0.15, -0.1) is 5.10 Å². The fraction of sp³-hybridized carbons (Fsp3) is 0.400. The highest BCUT2D eigenvalue weighted by atomic mass is 16.2. The van der Waals surface area contributed by atoms with Crippen LogP contribution in [-0.4, -0.2) is 27.5 Å². The Kier molecular flexibility index (Phi) is 1.09. The number of hydrogen-bond donors (Lipinski definition) is 3. The summed E-state index contributed by atoms with van der Waals surface area (Å²) in [6.45, 7) is 1.84. The molecule has 0 saturated heterocycles. The second-order valence-corrected chi connectivity index (χ2v) is 2.37. The molecule has 0 aromatic carbocycles. The van der Waals surface area contributed by atoms with E-state index in [0.717, 1.165) is 0 Å². The summed E-state index contributed by atoms with van der Waals surface area (Å²) in [7, 11) is 0. The molecule has 1 aliphatic heterocycles. The Morgan fingerprint density at radius 2 is 2.27 bits per heavy atom. The van der Waals surface area contributed by atoms with E-state index < -0.39 is 0 Å². The zero-order chi connectivity index (χ0) is 7.84. The van der Waals surface area contributed by atoms with E-state index >= 15 is 0 Å². The highest BCUT2D eigenvalue weighted by Crippen LogP contribution is 2.12. The minimum absolute atomic E-state index is 0.0720. The fourth-order valence-corrected chi connectivity index (χ4v) is 1.01. The third-order valence-electron chi connectivity index (χ3n) is 1.47. The first-order chi connectivity index (χ1) is 5.27. The molecule has 1 atom stereocenters. The summed E-state index contributed by atoms with van der Waals surface area (Å²) in [5, 5.41) is 15.3. The van der Waals surface area contributed by atoms with Gasteiger partial charge in [0, 0.05) is 0 Å². The fourth-order valence-electron chi connectivity index (χ4n) is 1.01. The highest BCUT2D eigenvalue weighted by Gasteiger charge is 2.23. The molecule has 6 heteroatoms. The summed E-state index contributed by atoms with van der Waals surface area (Å²) in [5.74, 6) is 0.390. The van der Waals surface area contributed by atoms with E-state index in [1.54, 1.807) is 0 Å². The molecule has 1 amide bonds. The summed E-state index contributed by atoms with van der Waals surface area (Å²) in [6.07, 6.45) is -0.0720. The van der Waals surface area contributed by atoms with Crippen LogP contribution in [0.5, 0.6) is 0 Å². The Balaban J connectivity index is 2.44. The van der Waals surface area contributed by atoms with Gasteiger partial charge < -0.3 is 10.6 Å². The number of fused-ring (bicyclic) bond motifs is 1. The van der Waals surface area contributed by atoms with E-state index in [2.05, 4.69) is 26.0 Å². The van der Waals surface area contributed by atoms with Crippen LogP contribution in [0, 0.1) is 0 Å². The van der Waals surface area contributed by atoms with Crippen LogP contribution in [0.4, 0.5) is 5.82 Å². The second-order valence-electron chi connectivity index (χ2n) is 2.37. The first kappa shape index (κ1) is 6.14. The van der Waals surface area contributed by atoms with Crippen molar-refractivity contribution in [2.24, 2.45) is 0 Å². The molecule has 0 radical (unpaired) electrons. The van der Waals surface area contributed by atoms with Crippen LogP contribution in [0.15, 0.2) is 0 Å². The SMILES string of the molecule is CC1NC(=O)c2nn[nH]c2N1. The Hall–Kier alpha value is -1.59. The minimum atomic E-state index is -0.194. The molecule has 0 aliphatic carbocycles. The molecule has 0 fully saturated rings. The van der Waals surface area contributed by atoms with E-state index in [-0.39, 0.29) is 12.1 Å². The largest absolute Gasteiger partial charge is 0.349 e. The van der Waals surface area contributed by atoms with Crippen LogP contribution >= 0.6 is 0 Å². The number of hydrogen-bond acceptors (Lipinski definition) is 4. The third kappa shape index (κ3) is 0.830. The number of aromatic nitrogens is 3. The predicted molar refractivity (Wildman–Crippen MR) is 36.9 cm³/mol. The van der Waals surface area contributed by atoms with Gasteiger partial charge in [0.15, 0.2) is 11.5 Å². The standard InChI is InChI=1S/C5H7N5O/c1-2-6-4-3(5(11)7-2)8-10-9-4/h2H,1H3,(H,7,11)(H2,6,8,9,10). The number of anilines is 1. The topological polar surface area (TPSA) is 82.7 Å². The molecular weight excluding hydrogens is 146 g/mol. The minimum Gasteiger partial charge on any atom is -0.349 e. The molecule has 1 aliphatic rings. The first-order valence-corrected chi connectivity index (χ1v) is 3.26. The van der Waals surface area contributed by atoms with Crippen LogP contribution in [0.25, 0.3) is 0 Å². The maximum absolute atomic E-state index is 11.1. The summed E-state index contributed by atoms with van der Waals surface area (Å²) in [4.78, 5) is 11.1. The predicted octanol–water partition coefficient (Wildman–Crippen LogP) is -0.694. The molecule has 11 heavy (non-hydrogen) atoms. The maximum Gasteiger partial charge on any atom is 0.277 e. The van der Waals surface area contributed by atoms with Gasteiger partial charge in [-0.3, -0.25) is 4.79 Å². The molecule has 1 aromatic heterocycles. The number of carbonyl (C=O) groups is 1. The summed E-state index contributed by atoms with van der Waals surface area (Å²) in [6, 6.07) is 0. The van der Waals surface area contributed by atoms with Gasteiger partial charge >= 0.3 is 0 Å². The lowest BCUT2D eigenvalue weighted by atomic mass is 10.3. The molecule has 2 rings (SSSR count). The smallest absolute Gasteiger partial charge is 0.277 e.